The van der Waals surface area contributed by atoms with E-state index < -0.39 is 0 Å². The van der Waals surface area contributed by atoms with E-state index in [0.717, 1.165) is 6.42 Å². The molecule has 0 spiro atoms. The molecule has 1 N–H and O–H groups in total. The summed E-state index contributed by atoms with van der Waals surface area (Å²) < 4.78 is 0. The highest BCUT2D eigenvalue weighted by atomic mass is 32.2. The van der Waals surface area contributed by atoms with Crippen LogP contribution in [-0.2, 0) is 5.41 Å². The fraction of sp³-hybridized carbons (Fsp3) is 0.667. The van der Waals surface area contributed by atoms with Gasteiger partial charge in [0, 0.05) is 17.4 Å². The zero-order valence-electron chi connectivity index (χ0n) is 13.1. The lowest BCUT2D eigenvalue weighted by Gasteiger charge is -2.33. The van der Waals surface area contributed by atoms with E-state index in [1.807, 2.05) is 11.8 Å². The fourth-order valence-corrected chi connectivity index (χ4v) is 4.50. The van der Waals surface area contributed by atoms with Gasteiger partial charge < -0.3 is 5.11 Å². The van der Waals surface area contributed by atoms with Crippen LogP contribution in [-0.4, -0.2) is 17.5 Å². The van der Waals surface area contributed by atoms with Crippen LogP contribution in [0.4, 0.5) is 0 Å². The zero-order chi connectivity index (χ0) is 14.6. The molecule has 0 aromatic heterocycles. The van der Waals surface area contributed by atoms with Crippen molar-refractivity contribution >= 4 is 11.8 Å². The molecule has 1 aliphatic heterocycles. The number of unbranched alkanes of at least 4 members (excludes halogenated alkanes) is 2. The Labute approximate surface area is 128 Å². The van der Waals surface area contributed by atoms with Crippen molar-refractivity contribution in [3.63, 3.8) is 0 Å². The van der Waals surface area contributed by atoms with Gasteiger partial charge in [0.25, 0.3) is 0 Å². The zero-order valence-corrected chi connectivity index (χ0v) is 13.9. The number of rotatable bonds is 6. The summed E-state index contributed by atoms with van der Waals surface area (Å²) in [5.74, 6) is 1.54. The van der Waals surface area contributed by atoms with Crippen LogP contribution < -0.4 is 0 Å². The minimum atomic E-state index is 0.274. The molecule has 0 amide bonds. The number of benzene rings is 1. The Morgan fingerprint density at radius 2 is 2.10 bits per heavy atom. The third-order valence-corrected chi connectivity index (χ3v) is 5.64. The second kappa shape index (κ2) is 7.00. The van der Waals surface area contributed by atoms with Crippen molar-refractivity contribution in [3.05, 3.63) is 29.3 Å². The lowest BCUT2D eigenvalue weighted by molar-refractivity contribution is 0.256. The Kier molecular flexibility index (Phi) is 5.57. The molecule has 1 atom stereocenters. The Morgan fingerprint density at radius 1 is 1.30 bits per heavy atom. The highest BCUT2D eigenvalue weighted by Crippen LogP contribution is 2.42. The summed E-state index contributed by atoms with van der Waals surface area (Å²) in [5, 5.41) is 9.71. The monoisotopic (exact) mass is 292 g/mol. The Morgan fingerprint density at radius 3 is 2.80 bits per heavy atom. The predicted molar refractivity (Wildman–Crippen MR) is 88.8 cm³/mol. The molecule has 0 saturated heterocycles. The molecule has 2 heteroatoms. The summed E-state index contributed by atoms with van der Waals surface area (Å²) in [6.45, 7) is 7.20. The van der Waals surface area contributed by atoms with Gasteiger partial charge in [-0.05, 0) is 41.2 Å². The minimum Gasteiger partial charge on any atom is -0.396 e. The Balaban J connectivity index is 2.20. The molecule has 0 unspecified atom stereocenters. The van der Waals surface area contributed by atoms with Crippen molar-refractivity contribution < 1.29 is 5.11 Å². The van der Waals surface area contributed by atoms with Gasteiger partial charge in [-0.3, -0.25) is 0 Å². The molecule has 2 rings (SSSR count). The van der Waals surface area contributed by atoms with Crippen molar-refractivity contribution in [2.75, 3.05) is 12.4 Å². The molecule has 0 saturated carbocycles. The maximum atomic E-state index is 9.71. The molecule has 0 aliphatic carbocycles. The molecule has 1 aromatic carbocycles. The third kappa shape index (κ3) is 3.59. The fourth-order valence-electron chi connectivity index (χ4n) is 3.01. The van der Waals surface area contributed by atoms with Gasteiger partial charge in [-0.1, -0.05) is 52.2 Å². The van der Waals surface area contributed by atoms with Gasteiger partial charge in [0.1, 0.15) is 0 Å². The molecule has 1 heterocycles. The highest BCUT2D eigenvalue weighted by molar-refractivity contribution is 7.99. The third-order valence-electron chi connectivity index (χ3n) is 4.57. The molecule has 1 nitrogen and oxygen atoms in total. The van der Waals surface area contributed by atoms with E-state index in [4.69, 9.17) is 0 Å². The number of aliphatic hydroxyl groups excluding tert-OH is 1. The normalized spacial score (nSPS) is 18.6. The van der Waals surface area contributed by atoms with E-state index in [1.165, 1.54) is 47.5 Å². The van der Waals surface area contributed by atoms with Gasteiger partial charge in [-0.25, -0.2) is 0 Å². The van der Waals surface area contributed by atoms with Crippen molar-refractivity contribution in [3.8, 4) is 0 Å². The standard InChI is InChI=1S/C18H28OS/c1-4-5-6-7-15(13-19)14-8-9-17-16(12-14)18(2,3)10-11-20-17/h8-9,12,15,19H,4-7,10-11,13H2,1-3H3/t15-/m0/s1. The first-order valence-corrected chi connectivity index (χ1v) is 8.95. The summed E-state index contributed by atoms with van der Waals surface area (Å²) >= 11 is 1.98. The molecule has 112 valence electrons. The predicted octanol–water partition coefficient (Wildman–Crippen LogP) is 5.12. The van der Waals surface area contributed by atoms with E-state index in [1.54, 1.807) is 0 Å². The number of hydrogen-bond donors (Lipinski definition) is 1. The van der Waals surface area contributed by atoms with E-state index in [2.05, 4.69) is 39.0 Å². The van der Waals surface area contributed by atoms with E-state index in [-0.39, 0.29) is 12.0 Å². The summed E-state index contributed by atoms with van der Waals surface area (Å²) in [6.07, 6.45) is 6.08. The molecule has 0 radical (unpaired) electrons. The summed E-state index contributed by atoms with van der Waals surface area (Å²) in [5.41, 5.74) is 3.10. The van der Waals surface area contributed by atoms with Crippen LogP contribution in [0.1, 0.15) is 69.9 Å². The second-order valence-corrected chi connectivity index (χ2v) is 7.75. The second-order valence-electron chi connectivity index (χ2n) is 6.61. The summed E-state index contributed by atoms with van der Waals surface area (Å²) in [4.78, 5) is 1.44. The first-order chi connectivity index (χ1) is 9.58. The maximum Gasteiger partial charge on any atom is 0.0499 e. The minimum absolute atomic E-state index is 0.274. The van der Waals surface area contributed by atoms with E-state index >= 15 is 0 Å². The molecular formula is C18H28OS. The maximum absolute atomic E-state index is 9.71. The van der Waals surface area contributed by atoms with Crippen LogP contribution in [0.5, 0.6) is 0 Å². The van der Waals surface area contributed by atoms with Crippen LogP contribution in [0.15, 0.2) is 23.1 Å². The van der Waals surface area contributed by atoms with Crippen LogP contribution in [0.3, 0.4) is 0 Å². The first-order valence-electron chi connectivity index (χ1n) is 7.96. The van der Waals surface area contributed by atoms with E-state index in [9.17, 15) is 5.11 Å². The Bertz CT molecular complexity index is 439. The quantitative estimate of drug-likeness (QED) is 0.735. The number of aliphatic hydroxyl groups is 1. The summed E-state index contributed by atoms with van der Waals surface area (Å²) in [7, 11) is 0. The molecule has 0 bridgehead atoms. The van der Waals surface area contributed by atoms with Crippen LogP contribution in [0, 0.1) is 0 Å². The van der Waals surface area contributed by atoms with Gasteiger partial charge in [0.2, 0.25) is 0 Å². The molecular weight excluding hydrogens is 264 g/mol. The SMILES string of the molecule is CCCCC[C@@H](CO)c1ccc2c(c1)C(C)(C)CCS2. The lowest BCUT2D eigenvalue weighted by Crippen LogP contribution is -2.23. The molecule has 1 aromatic rings. The van der Waals surface area contributed by atoms with Gasteiger partial charge >= 0.3 is 0 Å². The van der Waals surface area contributed by atoms with Gasteiger partial charge in [0.15, 0.2) is 0 Å². The van der Waals surface area contributed by atoms with E-state index in [0.29, 0.717) is 5.92 Å². The largest absolute Gasteiger partial charge is 0.396 e. The molecule has 20 heavy (non-hydrogen) atoms. The van der Waals surface area contributed by atoms with Crippen molar-refractivity contribution in [2.24, 2.45) is 0 Å². The van der Waals surface area contributed by atoms with Crippen LogP contribution >= 0.6 is 11.8 Å². The van der Waals surface area contributed by atoms with Crippen molar-refractivity contribution in [1.82, 2.24) is 0 Å². The van der Waals surface area contributed by atoms with Crippen LogP contribution in [0.25, 0.3) is 0 Å². The number of hydrogen-bond acceptors (Lipinski definition) is 2. The lowest BCUT2D eigenvalue weighted by atomic mass is 9.80. The smallest absolute Gasteiger partial charge is 0.0499 e. The van der Waals surface area contributed by atoms with Crippen molar-refractivity contribution in [2.45, 2.75) is 69.1 Å². The first kappa shape index (κ1) is 15.9. The highest BCUT2D eigenvalue weighted by Gasteiger charge is 2.28. The number of fused-ring (bicyclic) bond motifs is 1. The van der Waals surface area contributed by atoms with Gasteiger partial charge in [-0.15, -0.1) is 11.8 Å². The van der Waals surface area contributed by atoms with Gasteiger partial charge in [0.05, 0.1) is 0 Å². The average molecular weight is 292 g/mol. The molecule has 0 fully saturated rings. The Hall–Kier alpha value is -0.470. The average Bonchev–Trinajstić information content (AvgIpc) is 2.43. The summed E-state index contributed by atoms with van der Waals surface area (Å²) in [6, 6.07) is 6.88. The van der Waals surface area contributed by atoms with Crippen LogP contribution in [0.2, 0.25) is 0 Å². The topological polar surface area (TPSA) is 20.2 Å². The van der Waals surface area contributed by atoms with Crippen molar-refractivity contribution in [1.29, 1.82) is 0 Å². The van der Waals surface area contributed by atoms with Gasteiger partial charge in [-0.2, -0.15) is 0 Å². The molecule has 1 aliphatic rings. The number of thioether (sulfide) groups is 1.